The summed E-state index contributed by atoms with van der Waals surface area (Å²) in [6, 6.07) is 10.1. The van der Waals surface area contributed by atoms with E-state index in [1.807, 2.05) is 30.3 Å². The summed E-state index contributed by atoms with van der Waals surface area (Å²) in [6.07, 6.45) is 0.0674. The minimum atomic E-state index is -0.763. The Morgan fingerprint density at radius 2 is 1.30 bits per heavy atom. The number of hydrogen-bond acceptors (Lipinski definition) is 9. The highest BCUT2D eigenvalue weighted by Crippen LogP contribution is 2.42. The van der Waals surface area contributed by atoms with Crippen molar-refractivity contribution in [2.24, 2.45) is 35.5 Å². The molecular formula is C38H60O9. The molecule has 1 aromatic rings. The number of ether oxygens (including phenoxy) is 8. The molecule has 0 aromatic heterocycles. The zero-order valence-electron chi connectivity index (χ0n) is 30.0. The van der Waals surface area contributed by atoms with Gasteiger partial charge in [0.25, 0.3) is 0 Å². The Labute approximate surface area is 282 Å². The molecule has 9 nitrogen and oxygen atoms in total. The maximum Gasteiger partial charge on any atom is 0.303 e. The molecule has 4 rings (SSSR count). The van der Waals surface area contributed by atoms with Crippen LogP contribution in [0.1, 0.15) is 80.7 Å². The minimum absolute atomic E-state index is 0.00799. The maximum atomic E-state index is 12.2. The first kappa shape index (κ1) is 38.0. The van der Waals surface area contributed by atoms with E-state index in [2.05, 4.69) is 62.0 Å². The van der Waals surface area contributed by atoms with Crippen molar-refractivity contribution in [3.8, 4) is 0 Å². The third-order valence-electron chi connectivity index (χ3n) is 10.9. The van der Waals surface area contributed by atoms with Crippen molar-refractivity contribution in [3.63, 3.8) is 0 Å². The van der Waals surface area contributed by atoms with Crippen LogP contribution in [0.3, 0.4) is 0 Å². The van der Waals surface area contributed by atoms with Gasteiger partial charge in [-0.1, -0.05) is 91.8 Å². The van der Waals surface area contributed by atoms with Crippen LogP contribution in [-0.2, 0) is 49.3 Å². The fourth-order valence-electron chi connectivity index (χ4n) is 7.26. The van der Waals surface area contributed by atoms with Gasteiger partial charge in [-0.15, -0.1) is 6.58 Å². The quantitative estimate of drug-likeness (QED) is 0.156. The summed E-state index contributed by atoms with van der Waals surface area (Å²) < 4.78 is 51.4. The van der Waals surface area contributed by atoms with E-state index < -0.39 is 25.0 Å². The van der Waals surface area contributed by atoms with E-state index in [9.17, 15) is 4.79 Å². The van der Waals surface area contributed by atoms with Crippen LogP contribution in [0.5, 0.6) is 0 Å². The molecule has 0 radical (unpaired) electrons. The molecule has 0 amide bonds. The van der Waals surface area contributed by atoms with Gasteiger partial charge in [0.05, 0.1) is 44.2 Å². The molecule has 0 aliphatic carbocycles. The molecule has 0 bridgehead atoms. The fourth-order valence-corrected chi connectivity index (χ4v) is 7.26. The first-order valence-corrected chi connectivity index (χ1v) is 17.8. The Hall–Kier alpha value is -1.85. The van der Waals surface area contributed by atoms with E-state index in [0.717, 1.165) is 12.0 Å². The third-order valence-corrected chi connectivity index (χ3v) is 10.9. The molecule has 3 heterocycles. The van der Waals surface area contributed by atoms with Gasteiger partial charge < -0.3 is 37.9 Å². The highest BCUT2D eigenvalue weighted by molar-refractivity contribution is 5.66. The Balaban J connectivity index is 1.48. The van der Waals surface area contributed by atoms with Crippen LogP contribution in [0.25, 0.3) is 0 Å². The standard InChI is InChI=1S/C38H60O9/c1-11-19-41-37-34(24(6)22(4)30(12-2)43-37)47-36-27(9)26(8)33(31(13-3)44-36)46-38-35(42-28(10)39)25(7)23(5)32(45-38)21-40-20-29-17-15-14-16-18-29/h11,14-18,22-27,30-38H,1,12-13,19-21H2,2-10H3/t22-,23+,24-,25-,26+,27?,30?,31?,32?,33-,34?,35?,36-,37-,38-/m0/s1. The van der Waals surface area contributed by atoms with Crippen molar-refractivity contribution in [2.75, 3.05) is 13.2 Å². The van der Waals surface area contributed by atoms with Gasteiger partial charge in [-0.3, -0.25) is 4.79 Å². The lowest BCUT2D eigenvalue weighted by atomic mass is 9.81. The largest absolute Gasteiger partial charge is 0.457 e. The number of rotatable bonds is 14. The summed E-state index contributed by atoms with van der Waals surface area (Å²) in [5.74, 6) is 0.266. The molecule has 266 valence electrons. The number of carbonyl (C=O) groups excluding carboxylic acids is 1. The third kappa shape index (κ3) is 9.24. The Morgan fingerprint density at radius 3 is 1.94 bits per heavy atom. The monoisotopic (exact) mass is 660 g/mol. The van der Waals surface area contributed by atoms with Gasteiger partial charge in [0.15, 0.2) is 25.0 Å². The molecule has 3 aliphatic heterocycles. The van der Waals surface area contributed by atoms with Gasteiger partial charge in [-0.05, 0) is 42.1 Å². The average molecular weight is 661 g/mol. The average Bonchev–Trinajstić information content (AvgIpc) is 3.06. The molecule has 3 saturated heterocycles. The lowest BCUT2D eigenvalue weighted by molar-refractivity contribution is -0.360. The molecule has 3 fully saturated rings. The second kappa shape index (κ2) is 17.7. The normalized spacial score (nSPS) is 40.9. The lowest BCUT2D eigenvalue weighted by Crippen LogP contribution is -2.59. The highest BCUT2D eigenvalue weighted by atomic mass is 16.8. The summed E-state index contributed by atoms with van der Waals surface area (Å²) >= 11 is 0. The van der Waals surface area contributed by atoms with Crippen LogP contribution in [0.2, 0.25) is 0 Å². The van der Waals surface area contributed by atoms with Crippen molar-refractivity contribution >= 4 is 5.97 Å². The van der Waals surface area contributed by atoms with Crippen LogP contribution < -0.4 is 0 Å². The lowest BCUT2D eigenvalue weighted by Gasteiger charge is -2.50. The van der Waals surface area contributed by atoms with Crippen molar-refractivity contribution in [1.82, 2.24) is 0 Å². The van der Waals surface area contributed by atoms with Crippen molar-refractivity contribution in [2.45, 2.75) is 137 Å². The second-order valence-electron chi connectivity index (χ2n) is 14.0. The van der Waals surface area contributed by atoms with E-state index in [-0.39, 0.29) is 66.1 Å². The molecule has 0 N–H and O–H groups in total. The first-order valence-electron chi connectivity index (χ1n) is 17.8. The van der Waals surface area contributed by atoms with Crippen LogP contribution in [-0.4, -0.2) is 74.7 Å². The molecule has 1 aromatic carbocycles. The summed E-state index contributed by atoms with van der Waals surface area (Å²) in [4.78, 5) is 12.2. The molecular weight excluding hydrogens is 600 g/mol. The zero-order chi connectivity index (χ0) is 34.2. The Bertz CT molecular complexity index is 1100. The topological polar surface area (TPSA) is 90.9 Å². The van der Waals surface area contributed by atoms with E-state index in [0.29, 0.717) is 32.2 Å². The Kier molecular flexibility index (Phi) is 14.3. The SMILES string of the molecule is C=CCO[C@H]1OC(CC)[C@@H](C)[C@H](C)C1O[C@@H]1OC(CC)[C@@H](O[C@@H]2OC(COCc3ccccc3)[C@H](C)[C@H](C)C2OC(C)=O)[C@H](C)C1C. The predicted molar refractivity (Wildman–Crippen MR) is 179 cm³/mol. The van der Waals surface area contributed by atoms with Crippen molar-refractivity contribution < 1.29 is 42.7 Å². The molecule has 3 aliphatic rings. The number of esters is 1. The first-order chi connectivity index (χ1) is 22.5. The van der Waals surface area contributed by atoms with Crippen LogP contribution in [0, 0.1) is 35.5 Å². The summed E-state index contributed by atoms with van der Waals surface area (Å²) in [5.41, 5.74) is 1.10. The van der Waals surface area contributed by atoms with Crippen LogP contribution >= 0.6 is 0 Å². The van der Waals surface area contributed by atoms with Gasteiger partial charge in [0.1, 0.15) is 6.10 Å². The van der Waals surface area contributed by atoms with Crippen molar-refractivity contribution in [1.29, 1.82) is 0 Å². The predicted octanol–water partition coefficient (Wildman–Crippen LogP) is 6.92. The summed E-state index contributed by atoms with van der Waals surface area (Å²) in [7, 11) is 0. The van der Waals surface area contributed by atoms with Gasteiger partial charge in [0, 0.05) is 18.8 Å². The van der Waals surface area contributed by atoms with E-state index in [1.54, 1.807) is 6.08 Å². The summed E-state index contributed by atoms with van der Waals surface area (Å²) in [5, 5.41) is 0. The zero-order valence-corrected chi connectivity index (χ0v) is 30.0. The molecule has 0 saturated carbocycles. The van der Waals surface area contributed by atoms with Crippen LogP contribution in [0.15, 0.2) is 43.0 Å². The highest BCUT2D eigenvalue weighted by Gasteiger charge is 2.51. The summed E-state index contributed by atoms with van der Waals surface area (Å²) in [6.45, 7) is 23.7. The van der Waals surface area contributed by atoms with E-state index >= 15 is 0 Å². The Morgan fingerprint density at radius 1 is 0.723 bits per heavy atom. The fraction of sp³-hybridized carbons (Fsp3) is 0.763. The minimum Gasteiger partial charge on any atom is -0.457 e. The maximum absolute atomic E-state index is 12.2. The molecule has 9 heteroatoms. The van der Waals surface area contributed by atoms with E-state index in [1.165, 1.54) is 6.92 Å². The number of benzene rings is 1. The van der Waals surface area contributed by atoms with Gasteiger partial charge in [-0.25, -0.2) is 0 Å². The number of hydrogen-bond donors (Lipinski definition) is 0. The molecule has 0 spiro atoms. The van der Waals surface area contributed by atoms with Crippen molar-refractivity contribution in [3.05, 3.63) is 48.6 Å². The van der Waals surface area contributed by atoms with E-state index in [4.69, 9.17) is 37.9 Å². The molecule has 6 unspecified atom stereocenters. The smallest absolute Gasteiger partial charge is 0.303 e. The molecule has 47 heavy (non-hydrogen) atoms. The van der Waals surface area contributed by atoms with Gasteiger partial charge in [-0.2, -0.15) is 0 Å². The molecule has 15 atom stereocenters. The van der Waals surface area contributed by atoms with Gasteiger partial charge in [0.2, 0.25) is 0 Å². The number of carbonyl (C=O) groups is 1. The second-order valence-corrected chi connectivity index (χ2v) is 14.0. The van der Waals surface area contributed by atoms with Gasteiger partial charge >= 0.3 is 5.97 Å². The van der Waals surface area contributed by atoms with Crippen LogP contribution in [0.4, 0.5) is 0 Å².